The molecule has 2 unspecified atom stereocenters. The van der Waals surface area contributed by atoms with Crippen LogP contribution in [0.2, 0.25) is 0 Å². The van der Waals surface area contributed by atoms with E-state index < -0.39 is 0 Å². The van der Waals surface area contributed by atoms with Gasteiger partial charge in [0, 0.05) is 11.4 Å². The highest BCUT2D eigenvalue weighted by Gasteiger charge is 2.33. The van der Waals surface area contributed by atoms with Gasteiger partial charge in [-0.1, -0.05) is 30.3 Å². The van der Waals surface area contributed by atoms with Crippen molar-refractivity contribution in [3.05, 3.63) is 57.8 Å². The number of thiophene rings is 1. The zero-order valence-electron chi connectivity index (χ0n) is 11.9. The maximum Gasteiger partial charge on any atom is 0.226 e. The first-order chi connectivity index (χ1) is 10.3. The molecule has 3 N–H and O–H groups in total. The molecule has 1 amide bonds. The third-order valence-corrected chi connectivity index (χ3v) is 4.89. The van der Waals surface area contributed by atoms with Gasteiger partial charge in [0.2, 0.25) is 5.91 Å². The summed E-state index contributed by atoms with van der Waals surface area (Å²) in [5, 5.41) is 5.12. The monoisotopic (exact) mass is 301 g/mol. The first-order valence-corrected chi connectivity index (χ1v) is 7.97. The van der Waals surface area contributed by atoms with Gasteiger partial charge in [0.05, 0.1) is 18.5 Å². The number of carbonyl (C=O) groups is 1. The molecule has 1 aromatic heterocycles. The summed E-state index contributed by atoms with van der Waals surface area (Å²) in [6.07, 6.45) is 0. The molecule has 1 saturated heterocycles. The molecule has 0 spiro atoms. The van der Waals surface area contributed by atoms with E-state index in [9.17, 15) is 4.79 Å². The van der Waals surface area contributed by atoms with E-state index in [1.165, 1.54) is 10.4 Å². The van der Waals surface area contributed by atoms with E-state index in [-0.39, 0.29) is 17.9 Å². The summed E-state index contributed by atoms with van der Waals surface area (Å²) in [4.78, 5) is 13.7. The van der Waals surface area contributed by atoms with E-state index in [0.29, 0.717) is 13.1 Å². The van der Waals surface area contributed by atoms with Gasteiger partial charge in [0.25, 0.3) is 0 Å². The Kier molecular flexibility index (Phi) is 4.34. The van der Waals surface area contributed by atoms with Crippen LogP contribution in [0.4, 0.5) is 0 Å². The molecule has 2 atom stereocenters. The smallest absolute Gasteiger partial charge is 0.226 e. The van der Waals surface area contributed by atoms with E-state index in [0.717, 1.165) is 5.56 Å². The number of benzene rings is 1. The predicted molar refractivity (Wildman–Crippen MR) is 84.7 cm³/mol. The quantitative estimate of drug-likeness (QED) is 0.811. The molecule has 0 bridgehead atoms. The first-order valence-electron chi connectivity index (χ1n) is 7.09. The van der Waals surface area contributed by atoms with Crippen LogP contribution in [0, 0.1) is 12.8 Å². The van der Waals surface area contributed by atoms with Crippen LogP contribution in [0.3, 0.4) is 0 Å². The molecule has 0 aliphatic carbocycles. The number of hydrogen-bond donors (Lipinski definition) is 3. The molecular formula is C16H19N3OS. The highest BCUT2D eigenvalue weighted by molar-refractivity contribution is 7.10. The Morgan fingerprint density at radius 3 is 2.86 bits per heavy atom. The van der Waals surface area contributed by atoms with Gasteiger partial charge in [-0.3, -0.25) is 10.2 Å². The van der Waals surface area contributed by atoms with Crippen molar-refractivity contribution in [2.75, 3.05) is 6.54 Å². The minimum absolute atomic E-state index is 0.0237. The lowest BCUT2D eigenvalue weighted by atomic mass is 9.94. The lowest BCUT2D eigenvalue weighted by Gasteiger charge is -2.18. The fourth-order valence-corrected chi connectivity index (χ4v) is 3.45. The van der Waals surface area contributed by atoms with Crippen LogP contribution in [0.1, 0.15) is 22.0 Å². The zero-order chi connectivity index (χ0) is 14.7. The van der Waals surface area contributed by atoms with Gasteiger partial charge in [-0.2, -0.15) is 0 Å². The van der Waals surface area contributed by atoms with E-state index in [2.05, 4.69) is 34.5 Å². The van der Waals surface area contributed by atoms with Gasteiger partial charge in [-0.05, 0) is 29.5 Å². The summed E-state index contributed by atoms with van der Waals surface area (Å²) in [5.41, 5.74) is 8.67. The number of amides is 1. The van der Waals surface area contributed by atoms with Crippen LogP contribution in [-0.2, 0) is 11.3 Å². The molecule has 0 radical (unpaired) electrons. The molecule has 5 heteroatoms. The SMILES string of the molecule is Cc1ccsc1CNC(=O)C1CNNC1c1ccccc1. The number of nitrogens with one attached hydrogen (secondary N) is 3. The summed E-state index contributed by atoms with van der Waals surface area (Å²) < 4.78 is 0. The molecule has 2 aromatic rings. The Labute approximate surface area is 128 Å². The van der Waals surface area contributed by atoms with Crippen LogP contribution >= 0.6 is 11.3 Å². The number of aryl methyl sites for hydroxylation is 1. The predicted octanol–water partition coefficient (Wildman–Crippen LogP) is 2.14. The summed E-state index contributed by atoms with van der Waals surface area (Å²) >= 11 is 1.69. The topological polar surface area (TPSA) is 53.2 Å². The molecule has 1 aliphatic heterocycles. The molecule has 3 rings (SSSR count). The van der Waals surface area contributed by atoms with Crippen molar-refractivity contribution < 1.29 is 4.79 Å². The molecule has 0 saturated carbocycles. The summed E-state index contributed by atoms with van der Waals surface area (Å²) in [7, 11) is 0. The summed E-state index contributed by atoms with van der Waals surface area (Å²) in [6, 6.07) is 12.2. The van der Waals surface area contributed by atoms with E-state index in [1.807, 2.05) is 30.3 Å². The Morgan fingerprint density at radius 1 is 1.33 bits per heavy atom. The molecule has 2 heterocycles. The number of rotatable bonds is 4. The second-order valence-electron chi connectivity index (χ2n) is 5.26. The van der Waals surface area contributed by atoms with Crippen LogP contribution in [0.25, 0.3) is 0 Å². The van der Waals surface area contributed by atoms with Crippen LogP contribution < -0.4 is 16.2 Å². The van der Waals surface area contributed by atoms with Crippen LogP contribution in [0.5, 0.6) is 0 Å². The van der Waals surface area contributed by atoms with Crippen molar-refractivity contribution in [2.24, 2.45) is 5.92 Å². The zero-order valence-corrected chi connectivity index (χ0v) is 12.7. The highest BCUT2D eigenvalue weighted by Crippen LogP contribution is 2.25. The minimum Gasteiger partial charge on any atom is -0.351 e. The van der Waals surface area contributed by atoms with Gasteiger partial charge < -0.3 is 5.32 Å². The van der Waals surface area contributed by atoms with Gasteiger partial charge in [0.1, 0.15) is 0 Å². The van der Waals surface area contributed by atoms with Crippen molar-refractivity contribution in [3.63, 3.8) is 0 Å². The summed E-state index contributed by atoms with van der Waals surface area (Å²) in [5.74, 6) is 0.00169. The molecule has 110 valence electrons. The second kappa shape index (κ2) is 6.39. The lowest BCUT2D eigenvalue weighted by Crippen LogP contribution is -2.34. The standard InChI is InChI=1S/C16H19N3OS/c1-11-7-8-21-14(11)10-17-16(20)13-9-18-19-15(13)12-5-3-2-4-6-12/h2-8,13,15,18-19H,9-10H2,1H3,(H,17,20). The van der Waals surface area contributed by atoms with Crippen LogP contribution in [-0.4, -0.2) is 12.5 Å². The second-order valence-corrected chi connectivity index (χ2v) is 6.27. The van der Waals surface area contributed by atoms with Gasteiger partial charge >= 0.3 is 0 Å². The van der Waals surface area contributed by atoms with Crippen LogP contribution in [0.15, 0.2) is 41.8 Å². The third kappa shape index (κ3) is 3.15. The average molecular weight is 301 g/mol. The lowest BCUT2D eigenvalue weighted by molar-refractivity contribution is -0.125. The molecule has 21 heavy (non-hydrogen) atoms. The van der Waals surface area contributed by atoms with E-state index in [1.54, 1.807) is 11.3 Å². The maximum absolute atomic E-state index is 12.4. The molecule has 1 aliphatic rings. The van der Waals surface area contributed by atoms with Gasteiger partial charge in [0.15, 0.2) is 0 Å². The van der Waals surface area contributed by atoms with E-state index >= 15 is 0 Å². The van der Waals surface area contributed by atoms with Crippen molar-refractivity contribution in [3.8, 4) is 0 Å². The third-order valence-electron chi connectivity index (χ3n) is 3.87. The maximum atomic E-state index is 12.4. The van der Waals surface area contributed by atoms with Crippen molar-refractivity contribution in [1.29, 1.82) is 0 Å². The van der Waals surface area contributed by atoms with Gasteiger partial charge in [-0.25, -0.2) is 5.43 Å². The Balaban J connectivity index is 1.65. The fourth-order valence-electron chi connectivity index (χ4n) is 2.60. The Morgan fingerprint density at radius 2 is 2.14 bits per heavy atom. The molecular weight excluding hydrogens is 282 g/mol. The fraction of sp³-hybridized carbons (Fsp3) is 0.312. The Bertz CT molecular complexity index is 611. The Hall–Kier alpha value is -1.69. The molecule has 1 fully saturated rings. The molecule has 4 nitrogen and oxygen atoms in total. The van der Waals surface area contributed by atoms with Crippen molar-refractivity contribution >= 4 is 17.2 Å². The number of hydrazine groups is 1. The number of hydrogen-bond acceptors (Lipinski definition) is 4. The van der Waals surface area contributed by atoms with Crippen molar-refractivity contribution in [1.82, 2.24) is 16.2 Å². The first kappa shape index (κ1) is 14.3. The van der Waals surface area contributed by atoms with Gasteiger partial charge in [-0.15, -0.1) is 11.3 Å². The number of carbonyl (C=O) groups excluding carboxylic acids is 1. The van der Waals surface area contributed by atoms with Crippen molar-refractivity contribution in [2.45, 2.75) is 19.5 Å². The highest BCUT2D eigenvalue weighted by atomic mass is 32.1. The molecule has 1 aromatic carbocycles. The minimum atomic E-state index is -0.0901. The average Bonchev–Trinajstić information content (AvgIpc) is 3.15. The van der Waals surface area contributed by atoms with E-state index in [4.69, 9.17) is 0 Å². The largest absolute Gasteiger partial charge is 0.351 e. The summed E-state index contributed by atoms with van der Waals surface area (Å²) in [6.45, 7) is 3.33. The normalized spacial score (nSPS) is 21.4.